The number of aliphatic imine (C=N–C) groups is 1. The third kappa shape index (κ3) is 5.63. The molecule has 31 heavy (non-hydrogen) atoms. The van der Waals surface area contributed by atoms with Crippen molar-refractivity contribution < 1.29 is 4.39 Å². The van der Waals surface area contributed by atoms with E-state index in [1.54, 1.807) is 6.20 Å². The summed E-state index contributed by atoms with van der Waals surface area (Å²) in [5.41, 5.74) is 3.50. The molecule has 1 saturated heterocycles. The van der Waals surface area contributed by atoms with Crippen LogP contribution in [-0.2, 0) is 13.1 Å². The second-order valence-corrected chi connectivity index (χ2v) is 7.67. The van der Waals surface area contributed by atoms with Gasteiger partial charge in [-0.15, -0.1) is 0 Å². The first-order chi connectivity index (χ1) is 15.2. The highest BCUT2D eigenvalue weighted by molar-refractivity contribution is 5.80. The van der Waals surface area contributed by atoms with Gasteiger partial charge in [-0.25, -0.2) is 14.4 Å². The monoisotopic (exact) mass is 420 g/mol. The van der Waals surface area contributed by atoms with E-state index in [2.05, 4.69) is 55.9 Å². The van der Waals surface area contributed by atoms with Crippen LogP contribution < -0.4 is 10.2 Å². The predicted molar refractivity (Wildman–Crippen MR) is 123 cm³/mol. The molecule has 0 atom stereocenters. The van der Waals surface area contributed by atoms with E-state index in [-0.39, 0.29) is 5.82 Å². The summed E-state index contributed by atoms with van der Waals surface area (Å²) in [6, 6.07) is 15.3. The molecule has 1 aromatic heterocycles. The van der Waals surface area contributed by atoms with Gasteiger partial charge in [0.1, 0.15) is 5.82 Å². The Morgan fingerprint density at radius 2 is 1.71 bits per heavy atom. The summed E-state index contributed by atoms with van der Waals surface area (Å²) in [5.74, 6) is 0.752. The van der Waals surface area contributed by atoms with Gasteiger partial charge in [0.25, 0.3) is 0 Å². The normalized spacial score (nSPS) is 14.7. The zero-order valence-corrected chi connectivity index (χ0v) is 17.9. The van der Waals surface area contributed by atoms with Crippen LogP contribution in [0.25, 0.3) is 0 Å². The molecule has 0 radical (unpaired) electrons. The smallest absolute Gasteiger partial charge is 0.194 e. The summed E-state index contributed by atoms with van der Waals surface area (Å²) in [6.07, 6.45) is 5.60. The van der Waals surface area contributed by atoms with E-state index in [1.807, 2.05) is 24.7 Å². The van der Waals surface area contributed by atoms with Crippen molar-refractivity contribution in [2.45, 2.75) is 20.0 Å². The highest BCUT2D eigenvalue weighted by atomic mass is 19.1. The zero-order chi connectivity index (χ0) is 21.5. The summed E-state index contributed by atoms with van der Waals surface area (Å²) in [7, 11) is 0. The van der Waals surface area contributed by atoms with Crippen LogP contribution in [0.2, 0.25) is 0 Å². The standard InChI is InChI=1S/C24H29FN6/c1-2-27-24(31-15-13-30(14-16-31)23-9-7-22(25)8-10-23)28-17-20-3-5-21(6-4-20)18-29-12-11-26-19-29/h3-12,19H,2,13-18H2,1H3,(H,27,28). The number of halogens is 1. The minimum Gasteiger partial charge on any atom is -0.368 e. The van der Waals surface area contributed by atoms with Gasteiger partial charge in [-0.05, 0) is 42.3 Å². The average molecular weight is 421 g/mol. The van der Waals surface area contributed by atoms with E-state index >= 15 is 0 Å². The maximum absolute atomic E-state index is 13.2. The summed E-state index contributed by atoms with van der Waals surface area (Å²) in [6.45, 7) is 7.94. The SMILES string of the molecule is CCNC(=NCc1ccc(Cn2ccnc2)cc1)N1CCN(c2ccc(F)cc2)CC1. The van der Waals surface area contributed by atoms with Crippen LogP contribution in [0.5, 0.6) is 0 Å². The number of guanidine groups is 1. The number of benzene rings is 2. The van der Waals surface area contributed by atoms with Crippen LogP contribution in [0, 0.1) is 5.82 Å². The van der Waals surface area contributed by atoms with Gasteiger partial charge in [-0.1, -0.05) is 24.3 Å². The molecule has 3 aromatic rings. The lowest BCUT2D eigenvalue weighted by molar-refractivity contribution is 0.372. The molecule has 1 aliphatic heterocycles. The van der Waals surface area contributed by atoms with Crippen molar-refractivity contribution in [3.63, 3.8) is 0 Å². The van der Waals surface area contributed by atoms with Crippen LogP contribution in [0.4, 0.5) is 10.1 Å². The van der Waals surface area contributed by atoms with Gasteiger partial charge in [0, 0.05) is 57.3 Å². The largest absolute Gasteiger partial charge is 0.368 e. The Balaban J connectivity index is 1.34. The maximum Gasteiger partial charge on any atom is 0.194 e. The third-order valence-electron chi connectivity index (χ3n) is 5.46. The van der Waals surface area contributed by atoms with Gasteiger partial charge in [0.2, 0.25) is 0 Å². The second-order valence-electron chi connectivity index (χ2n) is 7.67. The van der Waals surface area contributed by atoms with E-state index in [9.17, 15) is 4.39 Å². The maximum atomic E-state index is 13.2. The molecule has 1 aliphatic rings. The Bertz CT molecular complexity index is 958. The van der Waals surface area contributed by atoms with Gasteiger partial charge >= 0.3 is 0 Å². The third-order valence-corrected chi connectivity index (χ3v) is 5.46. The van der Waals surface area contributed by atoms with Crippen molar-refractivity contribution in [3.05, 3.63) is 84.2 Å². The summed E-state index contributed by atoms with van der Waals surface area (Å²) in [5, 5.41) is 3.42. The molecule has 4 rings (SSSR count). The number of aromatic nitrogens is 2. The summed E-state index contributed by atoms with van der Waals surface area (Å²) in [4.78, 5) is 13.6. The molecule has 6 nitrogen and oxygen atoms in total. The Morgan fingerprint density at radius 3 is 2.35 bits per heavy atom. The highest BCUT2D eigenvalue weighted by Gasteiger charge is 2.19. The van der Waals surface area contributed by atoms with Gasteiger partial charge in [0.15, 0.2) is 5.96 Å². The topological polar surface area (TPSA) is 48.7 Å². The van der Waals surface area contributed by atoms with Gasteiger partial charge < -0.3 is 19.7 Å². The first kappa shape index (κ1) is 20.9. The molecule has 0 spiro atoms. The Hall–Kier alpha value is -3.35. The Morgan fingerprint density at radius 1 is 1.00 bits per heavy atom. The lowest BCUT2D eigenvalue weighted by atomic mass is 10.1. The van der Waals surface area contributed by atoms with Crippen molar-refractivity contribution in [3.8, 4) is 0 Å². The van der Waals surface area contributed by atoms with Gasteiger partial charge in [-0.2, -0.15) is 0 Å². The van der Waals surface area contributed by atoms with Gasteiger partial charge in [-0.3, -0.25) is 0 Å². The molecular weight excluding hydrogens is 391 g/mol. The lowest BCUT2D eigenvalue weighted by Crippen LogP contribution is -2.52. The van der Waals surface area contributed by atoms with Crippen molar-refractivity contribution >= 4 is 11.6 Å². The van der Waals surface area contributed by atoms with Crippen LogP contribution in [-0.4, -0.2) is 53.1 Å². The van der Waals surface area contributed by atoms with E-state index in [1.165, 1.54) is 23.3 Å². The van der Waals surface area contributed by atoms with E-state index in [4.69, 9.17) is 4.99 Å². The molecule has 1 fully saturated rings. The molecule has 1 N–H and O–H groups in total. The van der Waals surface area contributed by atoms with Crippen molar-refractivity contribution in [1.82, 2.24) is 19.8 Å². The van der Waals surface area contributed by atoms with Crippen molar-refractivity contribution in [2.75, 3.05) is 37.6 Å². The molecule has 0 amide bonds. The molecule has 0 bridgehead atoms. The van der Waals surface area contributed by atoms with E-state index in [0.29, 0.717) is 6.54 Å². The van der Waals surface area contributed by atoms with Crippen LogP contribution in [0.15, 0.2) is 72.2 Å². The molecule has 2 heterocycles. The van der Waals surface area contributed by atoms with Crippen molar-refractivity contribution in [2.24, 2.45) is 4.99 Å². The van der Waals surface area contributed by atoms with Crippen LogP contribution in [0.3, 0.4) is 0 Å². The number of anilines is 1. The van der Waals surface area contributed by atoms with Crippen LogP contribution >= 0.6 is 0 Å². The molecule has 0 aliphatic carbocycles. The fourth-order valence-corrected chi connectivity index (χ4v) is 3.76. The first-order valence-corrected chi connectivity index (χ1v) is 10.8. The quantitative estimate of drug-likeness (QED) is 0.491. The second kappa shape index (κ2) is 10.1. The predicted octanol–water partition coefficient (Wildman–Crippen LogP) is 3.36. The Labute approximate surface area is 183 Å². The molecule has 2 aromatic carbocycles. The molecule has 7 heteroatoms. The molecular formula is C24H29FN6. The number of hydrogen-bond donors (Lipinski definition) is 1. The number of nitrogens with one attached hydrogen (secondary N) is 1. The van der Waals surface area contributed by atoms with Gasteiger partial charge in [0.05, 0.1) is 12.9 Å². The number of nitrogens with zero attached hydrogens (tertiary/aromatic N) is 5. The summed E-state index contributed by atoms with van der Waals surface area (Å²) >= 11 is 0. The molecule has 0 unspecified atom stereocenters. The highest BCUT2D eigenvalue weighted by Crippen LogP contribution is 2.17. The minimum atomic E-state index is -0.196. The lowest BCUT2D eigenvalue weighted by Gasteiger charge is -2.37. The van der Waals surface area contributed by atoms with E-state index in [0.717, 1.165) is 50.9 Å². The first-order valence-electron chi connectivity index (χ1n) is 10.8. The number of imidazole rings is 1. The van der Waals surface area contributed by atoms with Crippen molar-refractivity contribution in [1.29, 1.82) is 0 Å². The minimum absolute atomic E-state index is 0.196. The number of hydrogen-bond acceptors (Lipinski definition) is 3. The molecule has 0 saturated carbocycles. The molecule has 162 valence electrons. The van der Waals surface area contributed by atoms with Crippen LogP contribution in [0.1, 0.15) is 18.1 Å². The Kier molecular flexibility index (Phi) is 6.82. The average Bonchev–Trinajstić information content (AvgIpc) is 3.31. The number of piperazine rings is 1. The fourth-order valence-electron chi connectivity index (χ4n) is 3.76. The van der Waals surface area contributed by atoms with E-state index < -0.39 is 0 Å². The number of rotatable bonds is 6. The zero-order valence-electron chi connectivity index (χ0n) is 17.9. The summed E-state index contributed by atoms with van der Waals surface area (Å²) < 4.78 is 15.2. The fraction of sp³-hybridized carbons (Fsp3) is 0.333.